The van der Waals surface area contributed by atoms with Gasteiger partial charge in [0, 0.05) is 23.9 Å². The van der Waals surface area contributed by atoms with E-state index in [9.17, 15) is 4.79 Å². The molecular weight excluding hydrogens is 320 g/mol. The number of aromatic nitrogens is 2. The Kier molecular flexibility index (Phi) is 4.94. The number of carbonyl (C=O) groups is 1. The summed E-state index contributed by atoms with van der Waals surface area (Å²) in [6.07, 6.45) is 0. The molecule has 0 saturated heterocycles. The zero-order valence-electron chi connectivity index (χ0n) is 13.9. The van der Waals surface area contributed by atoms with Crippen LogP contribution in [0.3, 0.4) is 0 Å². The average molecular weight is 338 g/mol. The molecule has 128 valence electrons. The van der Waals surface area contributed by atoms with Crippen LogP contribution in [-0.4, -0.2) is 23.2 Å². The van der Waals surface area contributed by atoms with E-state index < -0.39 is 0 Å². The van der Waals surface area contributed by atoms with Crippen LogP contribution >= 0.6 is 0 Å². The van der Waals surface area contributed by atoms with E-state index >= 15 is 0 Å². The van der Waals surface area contributed by atoms with Crippen LogP contribution in [0, 0.1) is 0 Å². The Morgan fingerprint density at radius 1 is 1.04 bits per heavy atom. The zero-order valence-corrected chi connectivity index (χ0v) is 13.9. The van der Waals surface area contributed by atoms with Crippen molar-refractivity contribution < 1.29 is 13.9 Å². The topological polar surface area (TPSA) is 89.3 Å². The Balaban J connectivity index is 1.60. The minimum absolute atomic E-state index is 0.0994. The number of nitrogens with zero attached hydrogens (tertiary/aromatic N) is 2. The molecule has 0 spiro atoms. The van der Waals surface area contributed by atoms with E-state index in [4.69, 9.17) is 9.15 Å². The first-order chi connectivity index (χ1) is 12.1. The fourth-order valence-corrected chi connectivity index (χ4v) is 2.23. The van der Waals surface area contributed by atoms with E-state index in [0.29, 0.717) is 18.3 Å². The highest BCUT2D eigenvalue weighted by molar-refractivity contribution is 5.88. The second-order valence-corrected chi connectivity index (χ2v) is 5.34. The number of benzene rings is 2. The van der Waals surface area contributed by atoms with Crippen LogP contribution in [0.5, 0.6) is 5.75 Å². The smallest absolute Gasteiger partial charge is 0.247 e. The fraction of sp³-hybridized carbons (Fsp3) is 0.167. The lowest BCUT2D eigenvalue weighted by Crippen LogP contribution is -2.05. The Morgan fingerprint density at radius 3 is 2.36 bits per heavy atom. The average Bonchev–Trinajstić information content (AvgIpc) is 3.10. The third-order valence-electron chi connectivity index (χ3n) is 3.45. The number of rotatable bonds is 6. The summed E-state index contributed by atoms with van der Waals surface area (Å²) in [4.78, 5) is 11.0. The van der Waals surface area contributed by atoms with Gasteiger partial charge in [-0.05, 0) is 48.5 Å². The zero-order chi connectivity index (χ0) is 17.6. The molecule has 7 heteroatoms. The summed E-state index contributed by atoms with van der Waals surface area (Å²) in [5.74, 6) is 1.61. The minimum Gasteiger partial charge on any atom is -0.497 e. The monoisotopic (exact) mass is 338 g/mol. The molecule has 0 aliphatic heterocycles. The van der Waals surface area contributed by atoms with Gasteiger partial charge in [-0.15, -0.1) is 10.2 Å². The maximum absolute atomic E-state index is 11.0. The van der Waals surface area contributed by atoms with E-state index in [1.807, 2.05) is 48.5 Å². The summed E-state index contributed by atoms with van der Waals surface area (Å²) in [5.41, 5.74) is 2.47. The molecule has 0 saturated carbocycles. The largest absolute Gasteiger partial charge is 0.497 e. The number of hydrogen-bond donors (Lipinski definition) is 2. The van der Waals surface area contributed by atoms with Crippen molar-refractivity contribution in [3.63, 3.8) is 0 Å². The van der Waals surface area contributed by atoms with Gasteiger partial charge in [0.25, 0.3) is 0 Å². The molecule has 1 heterocycles. The first kappa shape index (κ1) is 16.5. The Bertz CT molecular complexity index is 842. The van der Waals surface area contributed by atoms with Crippen LogP contribution in [0.4, 0.5) is 11.4 Å². The van der Waals surface area contributed by atoms with Crippen molar-refractivity contribution in [3.05, 3.63) is 54.4 Å². The van der Waals surface area contributed by atoms with E-state index in [1.54, 1.807) is 7.11 Å². The molecule has 0 unspecified atom stereocenters. The SMILES string of the molecule is COc1ccc(-c2nnc(CNc3ccc(NC(C)=O)cc3)o2)cc1. The molecule has 0 bridgehead atoms. The molecule has 7 nitrogen and oxygen atoms in total. The maximum Gasteiger partial charge on any atom is 0.247 e. The van der Waals surface area contributed by atoms with Gasteiger partial charge in [-0.3, -0.25) is 4.79 Å². The standard InChI is InChI=1S/C18H18N4O3/c1-12(23)20-15-7-5-14(6-8-15)19-11-17-21-22-18(25-17)13-3-9-16(24-2)10-4-13/h3-10,19H,11H2,1-2H3,(H,20,23). The fourth-order valence-electron chi connectivity index (χ4n) is 2.23. The molecule has 0 radical (unpaired) electrons. The molecule has 0 atom stereocenters. The molecule has 3 aromatic rings. The summed E-state index contributed by atoms with van der Waals surface area (Å²) in [5, 5.41) is 14.0. The van der Waals surface area contributed by atoms with Gasteiger partial charge in [-0.1, -0.05) is 0 Å². The van der Waals surface area contributed by atoms with E-state index in [2.05, 4.69) is 20.8 Å². The number of hydrogen-bond acceptors (Lipinski definition) is 6. The van der Waals surface area contributed by atoms with Gasteiger partial charge in [-0.25, -0.2) is 0 Å². The van der Waals surface area contributed by atoms with Gasteiger partial charge in [0.2, 0.25) is 17.7 Å². The number of carbonyl (C=O) groups excluding carboxylic acids is 1. The van der Waals surface area contributed by atoms with Crippen molar-refractivity contribution in [1.82, 2.24) is 10.2 Å². The molecule has 0 aliphatic carbocycles. The van der Waals surface area contributed by atoms with Crippen LogP contribution in [0.15, 0.2) is 52.9 Å². The van der Waals surface area contributed by atoms with Crippen molar-refractivity contribution >= 4 is 17.3 Å². The Hall–Kier alpha value is -3.35. The van der Waals surface area contributed by atoms with Gasteiger partial charge in [0.15, 0.2) is 0 Å². The van der Waals surface area contributed by atoms with Crippen molar-refractivity contribution in [2.24, 2.45) is 0 Å². The number of amides is 1. The van der Waals surface area contributed by atoms with Gasteiger partial charge < -0.3 is 19.8 Å². The molecule has 2 aromatic carbocycles. The van der Waals surface area contributed by atoms with Crippen LogP contribution in [0.25, 0.3) is 11.5 Å². The number of ether oxygens (including phenoxy) is 1. The van der Waals surface area contributed by atoms with Gasteiger partial charge in [0.1, 0.15) is 5.75 Å². The number of anilines is 2. The summed E-state index contributed by atoms with van der Waals surface area (Å²) < 4.78 is 10.8. The third kappa shape index (κ3) is 4.35. The molecule has 25 heavy (non-hydrogen) atoms. The van der Waals surface area contributed by atoms with Crippen LogP contribution < -0.4 is 15.4 Å². The molecular formula is C18H18N4O3. The van der Waals surface area contributed by atoms with Crippen molar-refractivity contribution in [2.45, 2.75) is 13.5 Å². The second-order valence-electron chi connectivity index (χ2n) is 5.34. The summed E-state index contributed by atoms with van der Waals surface area (Å²) in [7, 11) is 1.62. The highest BCUT2D eigenvalue weighted by Crippen LogP contribution is 2.21. The minimum atomic E-state index is -0.0994. The maximum atomic E-state index is 11.0. The molecule has 3 rings (SSSR count). The highest BCUT2D eigenvalue weighted by atomic mass is 16.5. The van der Waals surface area contributed by atoms with Crippen LogP contribution in [0.2, 0.25) is 0 Å². The molecule has 0 fully saturated rings. The third-order valence-corrected chi connectivity index (χ3v) is 3.45. The Morgan fingerprint density at radius 2 is 1.72 bits per heavy atom. The molecule has 1 amide bonds. The summed E-state index contributed by atoms with van der Waals surface area (Å²) in [6, 6.07) is 14.8. The van der Waals surface area contributed by atoms with Gasteiger partial charge >= 0.3 is 0 Å². The normalized spacial score (nSPS) is 10.3. The molecule has 1 aromatic heterocycles. The van der Waals surface area contributed by atoms with Gasteiger partial charge in [-0.2, -0.15) is 0 Å². The van der Waals surface area contributed by atoms with Crippen LogP contribution in [-0.2, 0) is 11.3 Å². The molecule has 0 aliphatic rings. The lowest BCUT2D eigenvalue weighted by Gasteiger charge is -2.05. The predicted molar refractivity (Wildman–Crippen MR) is 94.4 cm³/mol. The van der Waals surface area contributed by atoms with Crippen molar-refractivity contribution in [3.8, 4) is 17.2 Å². The first-order valence-corrected chi connectivity index (χ1v) is 7.72. The highest BCUT2D eigenvalue weighted by Gasteiger charge is 2.08. The second kappa shape index (κ2) is 7.48. The van der Waals surface area contributed by atoms with Crippen molar-refractivity contribution in [1.29, 1.82) is 0 Å². The quantitative estimate of drug-likeness (QED) is 0.717. The van der Waals surface area contributed by atoms with E-state index in [-0.39, 0.29) is 5.91 Å². The lowest BCUT2D eigenvalue weighted by molar-refractivity contribution is -0.114. The van der Waals surface area contributed by atoms with E-state index in [0.717, 1.165) is 22.7 Å². The van der Waals surface area contributed by atoms with Crippen LogP contribution in [0.1, 0.15) is 12.8 Å². The Labute approximate surface area is 145 Å². The summed E-state index contributed by atoms with van der Waals surface area (Å²) in [6.45, 7) is 1.88. The lowest BCUT2D eigenvalue weighted by atomic mass is 10.2. The first-order valence-electron chi connectivity index (χ1n) is 7.72. The predicted octanol–water partition coefficient (Wildman–Crippen LogP) is 3.32. The van der Waals surface area contributed by atoms with Gasteiger partial charge in [0.05, 0.1) is 13.7 Å². The number of nitrogens with one attached hydrogen (secondary N) is 2. The van der Waals surface area contributed by atoms with Crippen molar-refractivity contribution in [2.75, 3.05) is 17.7 Å². The molecule has 2 N–H and O–H groups in total. The summed E-state index contributed by atoms with van der Waals surface area (Å²) >= 11 is 0. The van der Waals surface area contributed by atoms with E-state index in [1.165, 1.54) is 6.92 Å². The number of methoxy groups -OCH3 is 1.